The standard InChI is InChI=1S/C26H29NO6/c1-15-8-9-22(33-15)25-23(26(29)32-11-10-30-3)16(2)27-20-13-18(14-21(28)24(20)25)17-6-5-7-19(12-17)31-4/h5-9,12,18,25,27H,10-11,13-14H2,1-4H3/t18-,25-/m0/s1. The van der Waals surface area contributed by atoms with E-state index in [4.69, 9.17) is 18.6 Å². The summed E-state index contributed by atoms with van der Waals surface area (Å²) >= 11 is 0. The Kier molecular flexibility index (Phi) is 6.70. The van der Waals surface area contributed by atoms with Gasteiger partial charge in [-0.1, -0.05) is 12.1 Å². The van der Waals surface area contributed by atoms with E-state index in [9.17, 15) is 9.59 Å². The molecule has 2 atom stereocenters. The minimum absolute atomic E-state index is 0.00897. The van der Waals surface area contributed by atoms with Crippen LogP contribution in [0.2, 0.25) is 0 Å². The molecular formula is C26H29NO6. The van der Waals surface area contributed by atoms with E-state index in [1.165, 1.54) is 0 Å². The van der Waals surface area contributed by atoms with Crippen molar-refractivity contribution in [2.45, 2.75) is 38.5 Å². The number of allylic oxidation sites excluding steroid dienone is 3. The van der Waals surface area contributed by atoms with Gasteiger partial charge in [-0.2, -0.15) is 0 Å². The number of hydrogen-bond donors (Lipinski definition) is 1. The van der Waals surface area contributed by atoms with Crippen LogP contribution in [0.1, 0.15) is 48.7 Å². The number of aryl methyl sites for hydroxylation is 1. The maximum absolute atomic E-state index is 13.5. The number of Topliss-reactive ketones (excluding diaryl/α,β-unsaturated/α-hetero) is 1. The molecule has 1 aromatic carbocycles. The number of furan rings is 1. The highest BCUT2D eigenvalue weighted by atomic mass is 16.6. The molecule has 174 valence electrons. The van der Waals surface area contributed by atoms with Crippen molar-refractivity contribution in [3.05, 3.63) is 76.0 Å². The van der Waals surface area contributed by atoms with Gasteiger partial charge in [0.1, 0.15) is 23.9 Å². The fourth-order valence-electron chi connectivity index (χ4n) is 4.63. The highest BCUT2D eigenvalue weighted by molar-refractivity contribution is 6.04. The Morgan fingerprint density at radius 1 is 1.12 bits per heavy atom. The molecule has 0 bridgehead atoms. The highest BCUT2D eigenvalue weighted by Gasteiger charge is 2.42. The van der Waals surface area contributed by atoms with Crippen LogP contribution in [-0.2, 0) is 19.1 Å². The molecular weight excluding hydrogens is 422 g/mol. The Labute approximate surface area is 193 Å². The topological polar surface area (TPSA) is 87.0 Å². The van der Waals surface area contributed by atoms with Gasteiger partial charge in [-0.05, 0) is 56.0 Å². The Hall–Kier alpha value is -3.32. The van der Waals surface area contributed by atoms with Crippen LogP contribution in [0, 0.1) is 6.92 Å². The largest absolute Gasteiger partial charge is 0.497 e. The lowest BCUT2D eigenvalue weighted by atomic mass is 9.73. The van der Waals surface area contributed by atoms with Crippen molar-refractivity contribution in [1.29, 1.82) is 0 Å². The molecule has 7 heteroatoms. The van der Waals surface area contributed by atoms with Gasteiger partial charge in [0.05, 0.1) is 25.2 Å². The predicted molar refractivity (Wildman–Crippen MR) is 122 cm³/mol. The van der Waals surface area contributed by atoms with Crippen LogP contribution in [0.4, 0.5) is 0 Å². The van der Waals surface area contributed by atoms with Crippen molar-refractivity contribution < 1.29 is 28.2 Å². The Bertz CT molecular complexity index is 1130. The zero-order chi connectivity index (χ0) is 23.5. The summed E-state index contributed by atoms with van der Waals surface area (Å²) in [7, 11) is 3.18. The van der Waals surface area contributed by atoms with Crippen LogP contribution in [-0.4, -0.2) is 39.2 Å². The average molecular weight is 452 g/mol. The molecule has 1 N–H and O–H groups in total. The summed E-state index contributed by atoms with van der Waals surface area (Å²) in [6.45, 7) is 4.10. The third kappa shape index (κ3) is 4.59. The SMILES string of the molecule is COCCOC(=O)C1=C(C)NC2=C(C(=O)C[C@@H](c3cccc(OC)c3)C2)[C@H]1c1ccc(C)o1. The number of esters is 1. The highest BCUT2D eigenvalue weighted by Crippen LogP contribution is 2.46. The summed E-state index contributed by atoms with van der Waals surface area (Å²) < 4.78 is 21.7. The Morgan fingerprint density at radius 2 is 1.94 bits per heavy atom. The van der Waals surface area contributed by atoms with Crippen LogP contribution >= 0.6 is 0 Å². The monoisotopic (exact) mass is 451 g/mol. The van der Waals surface area contributed by atoms with E-state index in [0.717, 1.165) is 17.0 Å². The molecule has 33 heavy (non-hydrogen) atoms. The second-order valence-corrected chi connectivity index (χ2v) is 8.37. The molecule has 0 fully saturated rings. The summed E-state index contributed by atoms with van der Waals surface area (Å²) in [5, 5.41) is 3.34. The second kappa shape index (κ2) is 9.67. The van der Waals surface area contributed by atoms with Crippen LogP contribution < -0.4 is 10.1 Å². The summed E-state index contributed by atoms with van der Waals surface area (Å²) in [5.74, 6) is 0.957. The molecule has 0 spiro atoms. The predicted octanol–water partition coefficient (Wildman–Crippen LogP) is 4.15. The molecule has 2 heterocycles. The number of rotatable bonds is 7. The van der Waals surface area contributed by atoms with Crippen molar-refractivity contribution in [3.8, 4) is 5.75 Å². The van der Waals surface area contributed by atoms with E-state index >= 15 is 0 Å². The number of nitrogens with one attached hydrogen (secondary N) is 1. The molecule has 0 radical (unpaired) electrons. The van der Waals surface area contributed by atoms with Gasteiger partial charge in [0.25, 0.3) is 0 Å². The molecule has 0 saturated heterocycles. The Morgan fingerprint density at radius 3 is 2.64 bits per heavy atom. The minimum atomic E-state index is -0.608. The summed E-state index contributed by atoms with van der Waals surface area (Å²) in [6, 6.07) is 11.5. The van der Waals surface area contributed by atoms with Gasteiger partial charge in [-0.25, -0.2) is 4.79 Å². The van der Waals surface area contributed by atoms with Crippen LogP contribution in [0.5, 0.6) is 5.75 Å². The molecule has 0 unspecified atom stereocenters. The van der Waals surface area contributed by atoms with Crippen LogP contribution in [0.15, 0.2) is 63.4 Å². The van der Waals surface area contributed by atoms with Crippen molar-refractivity contribution in [2.24, 2.45) is 0 Å². The van der Waals surface area contributed by atoms with E-state index in [1.54, 1.807) is 14.2 Å². The van der Waals surface area contributed by atoms with Crippen molar-refractivity contribution in [3.63, 3.8) is 0 Å². The lowest BCUT2D eigenvalue weighted by molar-refractivity contribution is -0.140. The van der Waals surface area contributed by atoms with Crippen molar-refractivity contribution in [2.75, 3.05) is 27.4 Å². The van der Waals surface area contributed by atoms with E-state index in [-0.39, 0.29) is 18.3 Å². The maximum Gasteiger partial charge on any atom is 0.336 e. The van der Waals surface area contributed by atoms with Gasteiger partial charge in [0.15, 0.2) is 5.78 Å². The summed E-state index contributed by atoms with van der Waals surface area (Å²) in [4.78, 5) is 26.6. The smallest absolute Gasteiger partial charge is 0.336 e. The number of carbonyl (C=O) groups excluding carboxylic acids is 2. The number of ketones is 1. The zero-order valence-electron chi connectivity index (χ0n) is 19.4. The summed E-state index contributed by atoms with van der Waals surface area (Å²) in [5.41, 5.74) is 3.51. The maximum atomic E-state index is 13.5. The summed E-state index contributed by atoms with van der Waals surface area (Å²) in [6.07, 6.45) is 0.989. The van der Waals surface area contributed by atoms with E-state index in [0.29, 0.717) is 47.8 Å². The number of methoxy groups -OCH3 is 2. The zero-order valence-corrected chi connectivity index (χ0v) is 19.4. The molecule has 0 amide bonds. The number of hydrogen-bond acceptors (Lipinski definition) is 7. The molecule has 1 aromatic heterocycles. The van der Waals surface area contributed by atoms with Gasteiger partial charge in [-0.3, -0.25) is 4.79 Å². The molecule has 1 aliphatic heterocycles. The number of carbonyl (C=O) groups is 2. The second-order valence-electron chi connectivity index (χ2n) is 8.37. The van der Waals surface area contributed by atoms with Gasteiger partial charge in [-0.15, -0.1) is 0 Å². The Balaban J connectivity index is 1.72. The van der Waals surface area contributed by atoms with Gasteiger partial charge in [0.2, 0.25) is 0 Å². The fraction of sp³-hybridized carbons (Fsp3) is 0.385. The average Bonchev–Trinajstić information content (AvgIpc) is 3.24. The van der Waals surface area contributed by atoms with Gasteiger partial charge < -0.3 is 23.9 Å². The number of benzene rings is 1. The first-order valence-electron chi connectivity index (χ1n) is 11.0. The molecule has 4 rings (SSSR count). The first kappa shape index (κ1) is 22.9. The fourth-order valence-corrected chi connectivity index (χ4v) is 4.63. The van der Waals surface area contributed by atoms with E-state index < -0.39 is 11.9 Å². The lowest BCUT2D eigenvalue weighted by Crippen LogP contribution is -2.36. The quantitative estimate of drug-likeness (QED) is 0.500. The first-order chi connectivity index (χ1) is 15.9. The van der Waals surface area contributed by atoms with Crippen molar-refractivity contribution >= 4 is 11.8 Å². The van der Waals surface area contributed by atoms with E-state index in [1.807, 2.05) is 50.2 Å². The minimum Gasteiger partial charge on any atom is -0.497 e. The number of dihydropyridines is 1. The van der Waals surface area contributed by atoms with Crippen LogP contribution in [0.3, 0.4) is 0 Å². The molecule has 2 aliphatic rings. The molecule has 1 aliphatic carbocycles. The van der Waals surface area contributed by atoms with Crippen LogP contribution in [0.25, 0.3) is 0 Å². The molecule has 7 nitrogen and oxygen atoms in total. The third-order valence-electron chi connectivity index (χ3n) is 6.18. The lowest BCUT2D eigenvalue weighted by Gasteiger charge is -2.35. The van der Waals surface area contributed by atoms with Gasteiger partial charge in [0, 0.05) is 30.5 Å². The first-order valence-corrected chi connectivity index (χ1v) is 11.0. The number of ether oxygens (including phenoxy) is 3. The molecule has 0 saturated carbocycles. The van der Waals surface area contributed by atoms with Crippen molar-refractivity contribution in [1.82, 2.24) is 5.32 Å². The molecule has 2 aromatic rings. The third-order valence-corrected chi connectivity index (χ3v) is 6.18. The van der Waals surface area contributed by atoms with E-state index in [2.05, 4.69) is 5.32 Å². The van der Waals surface area contributed by atoms with Gasteiger partial charge >= 0.3 is 5.97 Å². The normalized spacial score (nSPS) is 20.4.